The van der Waals surface area contributed by atoms with Crippen molar-refractivity contribution in [3.63, 3.8) is 0 Å². The number of rotatable bonds is 4. The van der Waals surface area contributed by atoms with Gasteiger partial charge in [-0.15, -0.1) is 0 Å². The standard InChI is InChI=1S/C23H27FN6O/c1-13(2)29-7-5-17(6-8-29)26-23-27-21-18(24)10-16(11-20(21)31-23)19-9-14(3)22-25-15(4)12-30(22)28-19/h9-13,17H,5-8H2,1-4H3,(H,26,27). The van der Waals surface area contributed by atoms with Crippen LogP contribution in [0.5, 0.6) is 0 Å². The number of piperidine rings is 1. The van der Waals surface area contributed by atoms with Crippen molar-refractivity contribution in [2.24, 2.45) is 0 Å². The average Bonchev–Trinajstić information content (AvgIpc) is 3.31. The van der Waals surface area contributed by atoms with Gasteiger partial charge < -0.3 is 14.6 Å². The summed E-state index contributed by atoms with van der Waals surface area (Å²) in [6, 6.07) is 6.39. The van der Waals surface area contributed by atoms with Gasteiger partial charge in [0, 0.05) is 30.7 Å². The van der Waals surface area contributed by atoms with Crippen LogP contribution in [0.25, 0.3) is 28.0 Å². The summed E-state index contributed by atoms with van der Waals surface area (Å²) in [5.41, 5.74) is 4.63. The third-order valence-corrected chi connectivity index (χ3v) is 6.06. The highest BCUT2D eigenvalue weighted by atomic mass is 19.1. The second-order valence-corrected chi connectivity index (χ2v) is 8.74. The number of halogens is 1. The molecule has 0 spiro atoms. The van der Waals surface area contributed by atoms with Crippen molar-refractivity contribution < 1.29 is 8.81 Å². The molecule has 0 amide bonds. The largest absolute Gasteiger partial charge is 0.423 e. The lowest BCUT2D eigenvalue weighted by atomic mass is 10.0. The van der Waals surface area contributed by atoms with E-state index < -0.39 is 5.82 Å². The van der Waals surface area contributed by atoms with E-state index in [0.29, 0.717) is 28.9 Å². The summed E-state index contributed by atoms with van der Waals surface area (Å²) >= 11 is 0. The first-order valence-electron chi connectivity index (χ1n) is 10.8. The minimum absolute atomic E-state index is 0.238. The Hall–Kier alpha value is -3.00. The lowest BCUT2D eigenvalue weighted by Crippen LogP contribution is -2.42. The Morgan fingerprint density at radius 2 is 1.90 bits per heavy atom. The minimum atomic E-state index is -0.416. The maximum atomic E-state index is 14.9. The van der Waals surface area contributed by atoms with Gasteiger partial charge in [-0.05, 0) is 64.3 Å². The number of aromatic nitrogens is 4. The van der Waals surface area contributed by atoms with Crippen LogP contribution in [0.3, 0.4) is 0 Å². The maximum absolute atomic E-state index is 14.9. The number of hydrogen-bond acceptors (Lipinski definition) is 6. The Morgan fingerprint density at radius 1 is 1.13 bits per heavy atom. The summed E-state index contributed by atoms with van der Waals surface area (Å²) in [6.07, 6.45) is 3.89. The highest BCUT2D eigenvalue weighted by Crippen LogP contribution is 2.29. The fourth-order valence-electron chi connectivity index (χ4n) is 4.32. The number of nitrogens with one attached hydrogen (secondary N) is 1. The van der Waals surface area contributed by atoms with E-state index in [0.717, 1.165) is 42.8 Å². The van der Waals surface area contributed by atoms with Crippen LogP contribution in [0.15, 0.2) is 28.8 Å². The Bertz CT molecular complexity index is 1250. The van der Waals surface area contributed by atoms with Crippen molar-refractivity contribution in [2.45, 2.75) is 52.6 Å². The smallest absolute Gasteiger partial charge is 0.296 e. The third-order valence-electron chi connectivity index (χ3n) is 6.06. The van der Waals surface area contributed by atoms with E-state index in [-0.39, 0.29) is 11.6 Å². The number of aryl methyl sites for hydroxylation is 2. The summed E-state index contributed by atoms with van der Waals surface area (Å²) in [5.74, 6) is -0.416. The monoisotopic (exact) mass is 422 g/mol. The van der Waals surface area contributed by atoms with E-state index in [1.165, 1.54) is 6.07 Å². The normalized spacial score (nSPS) is 16.1. The third kappa shape index (κ3) is 3.76. The van der Waals surface area contributed by atoms with Gasteiger partial charge >= 0.3 is 0 Å². The molecule has 1 aliphatic heterocycles. The van der Waals surface area contributed by atoms with Crippen LogP contribution in [0.1, 0.15) is 37.9 Å². The van der Waals surface area contributed by atoms with Gasteiger partial charge in [0.1, 0.15) is 5.52 Å². The number of imidazole rings is 1. The first-order valence-corrected chi connectivity index (χ1v) is 10.8. The summed E-state index contributed by atoms with van der Waals surface area (Å²) in [4.78, 5) is 11.3. The van der Waals surface area contributed by atoms with Crippen LogP contribution < -0.4 is 5.32 Å². The van der Waals surface area contributed by atoms with Crippen molar-refractivity contribution in [3.8, 4) is 11.3 Å². The van der Waals surface area contributed by atoms with Gasteiger partial charge in [0.05, 0.1) is 17.6 Å². The molecule has 162 valence electrons. The summed E-state index contributed by atoms with van der Waals surface area (Å²) < 4.78 is 22.5. The molecule has 8 heteroatoms. The molecular weight excluding hydrogens is 395 g/mol. The van der Waals surface area contributed by atoms with Crippen molar-refractivity contribution >= 4 is 22.8 Å². The van der Waals surface area contributed by atoms with Gasteiger partial charge in [0.25, 0.3) is 6.01 Å². The number of nitrogens with zero attached hydrogens (tertiary/aromatic N) is 5. The second kappa shape index (κ2) is 7.60. The van der Waals surface area contributed by atoms with Gasteiger partial charge in [0.15, 0.2) is 17.0 Å². The van der Waals surface area contributed by atoms with Crippen molar-refractivity contribution in [1.29, 1.82) is 0 Å². The molecule has 1 fully saturated rings. The van der Waals surface area contributed by atoms with E-state index in [4.69, 9.17) is 4.42 Å². The van der Waals surface area contributed by atoms with E-state index in [2.05, 4.69) is 39.1 Å². The first-order chi connectivity index (χ1) is 14.9. The molecule has 1 aromatic carbocycles. The molecule has 31 heavy (non-hydrogen) atoms. The summed E-state index contributed by atoms with van der Waals surface area (Å²) in [5, 5.41) is 7.96. The predicted octanol–water partition coefficient (Wildman–Crippen LogP) is 4.58. The molecule has 3 aromatic heterocycles. The molecule has 0 aliphatic carbocycles. The molecule has 4 heterocycles. The molecule has 0 atom stereocenters. The second-order valence-electron chi connectivity index (χ2n) is 8.74. The highest BCUT2D eigenvalue weighted by Gasteiger charge is 2.23. The molecule has 0 unspecified atom stereocenters. The van der Waals surface area contributed by atoms with Crippen molar-refractivity contribution in [2.75, 3.05) is 18.4 Å². The maximum Gasteiger partial charge on any atom is 0.296 e. The van der Waals surface area contributed by atoms with Gasteiger partial charge in [-0.1, -0.05) is 0 Å². The van der Waals surface area contributed by atoms with Crippen LogP contribution in [0.4, 0.5) is 10.4 Å². The molecule has 5 rings (SSSR count). The molecule has 1 aliphatic rings. The molecule has 1 saturated heterocycles. The van der Waals surface area contributed by atoms with E-state index in [9.17, 15) is 4.39 Å². The van der Waals surface area contributed by atoms with Crippen molar-refractivity contribution in [3.05, 3.63) is 41.5 Å². The minimum Gasteiger partial charge on any atom is -0.423 e. The zero-order valence-corrected chi connectivity index (χ0v) is 18.3. The molecule has 1 N–H and O–H groups in total. The topological polar surface area (TPSA) is 71.5 Å². The predicted molar refractivity (Wildman–Crippen MR) is 119 cm³/mol. The zero-order chi connectivity index (χ0) is 21.7. The molecule has 0 bridgehead atoms. The van der Waals surface area contributed by atoms with E-state index in [1.54, 1.807) is 10.6 Å². The highest BCUT2D eigenvalue weighted by molar-refractivity contribution is 5.81. The van der Waals surface area contributed by atoms with Gasteiger partial charge in [-0.2, -0.15) is 10.1 Å². The average molecular weight is 423 g/mol. The van der Waals surface area contributed by atoms with Crippen LogP contribution >= 0.6 is 0 Å². The van der Waals surface area contributed by atoms with E-state index in [1.807, 2.05) is 26.1 Å². The molecule has 4 aromatic rings. The number of hydrogen-bond donors (Lipinski definition) is 1. The molecular formula is C23H27FN6O. The number of likely N-dealkylation sites (tertiary alicyclic amines) is 1. The lowest BCUT2D eigenvalue weighted by Gasteiger charge is -2.34. The number of oxazole rings is 1. The Balaban J connectivity index is 1.42. The Kier molecular flexibility index (Phi) is 4.89. The van der Waals surface area contributed by atoms with Crippen molar-refractivity contribution in [1.82, 2.24) is 24.5 Å². The number of anilines is 1. The number of benzene rings is 1. The molecule has 0 radical (unpaired) electrons. The van der Waals surface area contributed by atoms with Gasteiger partial charge in [0.2, 0.25) is 0 Å². The molecule has 0 saturated carbocycles. The summed E-state index contributed by atoms with van der Waals surface area (Å²) in [6.45, 7) is 10.4. The first kappa shape index (κ1) is 19.9. The quantitative estimate of drug-likeness (QED) is 0.519. The van der Waals surface area contributed by atoms with Crippen LogP contribution in [0, 0.1) is 19.7 Å². The van der Waals surface area contributed by atoms with Gasteiger partial charge in [-0.25, -0.2) is 13.9 Å². The summed E-state index contributed by atoms with van der Waals surface area (Å²) in [7, 11) is 0. The zero-order valence-electron chi connectivity index (χ0n) is 18.3. The van der Waals surface area contributed by atoms with Crippen LogP contribution in [0.2, 0.25) is 0 Å². The SMILES string of the molecule is Cc1cn2nc(-c3cc(F)c4nc(NC5CCN(C(C)C)CC5)oc4c3)cc(C)c2n1. The Morgan fingerprint density at radius 3 is 2.65 bits per heavy atom. The fourth-order valence-corrected chi connectivity index (χ4v) is 4.32. The van der Waals surface area contributed by atoms with Crippen LogP contribution in [-0.2, 0) is 0 Å². The fraction of sp³-hybridized carbons (Fsp3) is 0.435. The molecule has 7 nitrogen and oxygen atoms in total. The lowest BCUT2D eigenvalue weighted by molar-refractivity contribution is 0.176. The van der Waals surface area contributed by atoms with E-state index >= 15 is 0 Å². The number of fused-ring (bicyclic) bond motifs is 2. The van der Waals surface area contributed by atoms with Crippen LogP contribution in [-0.4, -0.2) is 49.7 Å². The van der Waals surface area contributed by atoms with Gasteiger partial charge in [-0.3, -0.25) is 0 Å². The Labute approximate surface area is 180 Å².